The van der Waals surface area contributed by atoms with Crippen LogP contribution in [0.4, 0.5) is 65.9 Å². The van der Waals surface area contributed by atoms with Crippen LogP contribution in [0.1, 0.15) is 67.5 Å². The first-order valence-corrected chi connectivity index (χ1v) is 30.7. The molecule has 8 heterocycles. The second-order valence-electron chi connectivity index (χ2n) is 21.7. The Labute approximate surface area is 519 Å². The Morgan fingerprint density at radius 1 is 0.275 bits per heavy atom. The first-order valence-electron chi connectivity index (χ1n) is 27.3. The van der Waals surface area contributed by atoms with Crippen molar-refractivity contribution in [3.63, 3.8) is 0 Å². The van der Waals surface area contributed by atoms with Crippen LogP contribution < -0.4 is 0 Å². The van der Waals surface area contributed by atoms with Crippen molar-refractivity contribution < 1.29 is 65.9 Å². The standard InChI is InChI=1S/C69H37F15N4S2Se/c1-25-21-27(3)45(28(4)22-25)50-37-13-11-35(87-37)48(53-57(72)63(78)68(83)64(79)58(53)73)33-9-7-31(85-33)47(52-55(70)61(76)67(82)62(77)56(52)71)32-8-10-34(86-32)49(54-59(74)65(80)69(84)66(81)60(54)75)36-12-14-38(88-36)51(46-29(5)23-26(2)24-30(46)6)42-18-16-40(90-42)44-20-19-43(91-44)39-15-17-41(50)89-39/h7-24,85H,1-6H3. The van der Waals surface area contributed by atoms with E-state index in [9.17, 15) is 13.2 Å². The fourth-order valence-corrected chi connectivity index (χ4v) is 16.7. The summed E-state index contributed by atoms with van der Waals surface area (Å²) < 4.78 is 243. The number of hydrogen-bond acceptors (Lipinski definition) is 5. The van der Waals surface area contributed by atoms with Crippen LogP contribution >= 0.6 is 22.7 Å². The molecule has 1 N–H and O–H groups in total. The predicted molar refractivity (Wildman–Crippen MR) is 329 cm³/mol. The second-order valence-corrected chi connectivity index (χ2v) is 26.1. The van der Waals surface area contributed by atoms with Crippen molar-refractivity contribution in [3.05, 3.63) is 228 Å². The Balaban J connectivity index is 1.27. The number of rotatable bonds is 5. The van der Waals surface area contributed by atoms with Crippen molar-refractivity contribution in [1.29, 1.82) is 0 Å². The van der Waals surface area contributed by atoms with Crippen LogP contribution in [0.3, 0.4) is 0 Å². The molecule has 0 amide bonds. The van der Waals surface area contributed by atoms with Gasteiger partial charge in [-0.05, 0) is 0 Å². The maximum absolute atomic E-state index is 16.6. The minimum absolute atomic E-state index is 0.120. The fraction of sp³-hybridized carbons (Fsp3) is 0.0870. The Bertz CT molecular complexity index is 5270. The average Bonchev–Trinajstić information content (AvgIpc) is 1.74. The van der Waals surface area contributed by atoms with Gasteiger partial charge < -0.3 is 0 Å². The van der Waals surface area contributed by atoms with E-state index >= 15 is 52.7 Å². The van der Waals surface area contributed by atoms with Crippen LogP contribution in [0.5, 0.6) is 0 Å². The van der Waals surface area contributed by atoms with E-state index in [1.807, 2.05) is 102 Å². The zero-order valence-electron chi connectivity index (χ0n) is 47.6. The first-order chi connectivity index (χ1) is 43.3. The molecule has 0 unspecified atom stereocenters. The van der Waals surface area contributed by atoms with E-state index in [1.165, 1.54) is 47.0 Å². The molecular formula is C69H37F15N4S2Se. The Morgan fingerprint density at radius 2 is 0.527 bits per heavy atom. The van der Waals surface area contributed by atoms with Gasteiger partial charge in [0.05, 0.1) is 5.56 Å². The van der Waals surface area contributed by atoms with Crippen LogP contribution in [-0.2, 0) is 0 Å². The summed E-state index contributed by atoms with van der Waals surface area (Å²) >= 11 is 2.45. The third-order valence-corrected chi connectivity index (χ3v) is 21.0. The summed E-state index contributed by atoms with van der Waals surface area (Å²) in [5.74, 6) is -36.9. The Morgan fingerprint density at radius 3 is 0.835 bits per heavy atom. The van der Waals surface area contributed by atoms with Gasteiger partial charge in [0.2, 0.25) is 17.5 Å². The number of fused-ring (bicyclic) bond motifs is 16. The van der Waals surface area contributed by atoms with Crippen molar-refractivity contribution in [1.82, 2.24) is 19.9 Å². The molecule has 13 rings (SSSR count). The number of thiophene rings is 2. The van der Waals surface area contributed by atoms with E-state index in [2.05, 4.69) is 9.97 Å². The molecule has 456 valence electrons. The number of aromatic amines is 1. The van der Waals surface area contributed by atoms with Gasteiger partial charge in [0.15, 0.2) is 23.3 Å². The van der Waals surface area contributed by atoms with E-state index in [0.29, 0.717) is 31.7 Å². The number of aryl methyl sites for hydroxylation is 6. The maximum atomic E-state index is 16.6. The number of H-pyrrole nitrogens is 1. The molecule has 0 fully saturated rings. The number of nitrogens with zero attached hydrogens (tertiary/aromatic N) is 3. The molecule has 0 radical (unpaired) electrons. The molecule has 0 saturated heterocycles. The molecule has 5 aromatic heterocycles. The van der Waals surface area contributed by atoms with Gasteiger partial charge in [0.25, 0.3) is 0 Å². The predicted octanol–water partition coefficient (Wildman–Crippen LogP) is 21.2. The summed E-state index contributed by atoms with van der Waals surface area (Å²) in [6.45, 7) is 11.2. The van der Waals surface area contributed by atoms with Crippen molar-refractivity contribution in [2.24, 2.45) is 0 Å². The van der Waals surface area contributed by atoms with E-state index in [-0.39, 0.29) is 25.9 Å². The van der Waals surface area contributed by atoms with Crippen molar-refractivity contribution >= 4 is 112 Å². The molecule has 0 saturated carbocycles. The van der Waals surface area contributed by atoms with E-state index in [0.717, 1.165) is 75.6 Å². The molecule has 0 aliphatic carbocycles. The number of halogens is 15. The van der Waals surface area contributed by atoms with E-state index in [4.69, 9.17) is 9.97 Å². The van der Waals surface area contributed by atoms with E-state index in [1.54, 1.807) is 0 Å². The third kappa shape index (κ3) is 9.87. The topological polar surface area (TPSA) is 54.5 Å². The molecular weight excluding hydrogens is 1310 g/mol. The molecule has 4 nitrogen and oxygen atoms in total. The van der Waals surface area contributed by atoms with Gasteiger partial charge in [-0.3, -0.25) is 0 Å². The molecule has 14 bridgehead atoms. The minimum atomic E-state index is -2.63. The average molecular weight is 1350 g/mol. The summed E-state index contributed by atoms with van der Waals surface area (Å²) in [4.78, 5) is 16.6. The van der Waals surface area contributed by atoms with Crippen LogP contribution in [-0.4, -0.2) is 34.4 Å². The summed E-state index contributed by atoms with van der Waals surface area (Å²) in [6, 6.07) is 21.0. The van der Waals surface area contributed by atoms with Crippen LogP contribution in [0.15, 0.2) is 72.8 Å². The molecule has 91 heavy (non-hydrogen) atoms. The normalized spacial score (nSPS) is 12.3. The van der Waals surface area contributed by atoms with Gasteiger partial charge in [-0.15, -0.1) is 0 Å². The molecule has 3 aliphatic heterocycles. The van der Waals surface area contributed by atoms with Gasteiger partial charge in [-0.25, -0.2) is 48.3 Å². The van der Waals surface area contributed by atoms with Gasteiger partial charge in [0.1, 0.15) is 0 Å². The molecule has 0 spiro atoms. The molecule has 10 aromatic rings. The summed E-state index contributed by atoms with van der Waals surface area (Å²) in [5.41, 5.74) is -4.42. The SMILES string of the molecule is Cc1cc(C)c(-c2c3nc(c(-c4c(F)c(F)c(F)c(F)c4F)c4nc(c(-c5c(F)c(F)c(F)c(F)c5F)c5ccc([nH]5)c(-c5c(F)c(F)c(F)c(F)c5F)c5nc(c(-c6c(C)cc(C)cc6C)c6ccc(s6)c6ccc([se]6)c6ccc2s6)C=C5)C=C4)C=C3)c(C)c1. The summed E-state index contributed by atoms with van der Waals surface area (Å²) in [7, 11) is 0. The number of nitrogens with one attached hydrogen (secondary N) is 1. The second kappa shape index (κ2) is 22.7. The zero-order chi connectivity index (χ0) is 64.7. The summed E-state index contributed by atoms with van der Waals surface area (Å²) in [5, 5.41) is 0. The molecule has 3 aliphatic rings. The quantitative estimate of drug-likeness (QED) is 0.0809. The van der Waals surface area contributed by atoms with Crippen LogP contribution in [0.2, 0.25) is 0 Å². The van der Waals surface area contributed by atoms with Crippen molar-refractivity contribution in [3.8, 4) is 55.6 Å². The number of hydrogen-bond donors (Lipinski definition) is 1. The van der Waals surface area contributed by atoms with Crippen molar-refractivity contribution in [2.45, 2.75) is 41.5 Å². The summed E-state index contributed by atoms with van der Waals surface area (Å²) in [6.07, 6.45) is 6.97. The number of benzene rings is 5. The van der Waals surface area contributed by atoms with Gasteiger partial charge in [0, 0.05) is 5.56 Å². The molecule has 22 heteroatoms. The van der Waals surface area contributed by atoms with Crippen LogP contribution in [0.25, 0.3) is 130 Å². The van der Waals surface area contributed by atoms with Crippen molar-refractivity contribution in [2.75, 3.05) is 0 Å². The Hall–Kier alpha value is -9.08. The van der Waals surface area contributed by atoms with Crippen LogP contribution in [0, 0.1) is 129 Å². The fourth-order valence-electron chi connectivity index (χ4n) is 12.0. The Kier molecular flexibility index (Phi) is 15.2. The molecule has 0 atom stereocenters. The monoisotopic (exact) mass is 1350 g/mol. The first kappa shape index (κ1) is 60.8. The van der Waals surface area contributed by atoms with E-state index < -0.39 is 154 Å². The molecule has 5 aromatic carbocycles. The zero-order valence-corrected chi connectivity index (χ0v) is 51.0. The third-order valence-electron chi connectivity index (χ3n) is 15.7. The van der Waals surface area contributed by atoms with Gasteiger partial charge in [-0.2, -0.15) is 0 Å². The van der Waals surface area contributed by atoms with Gasteiger partial charge in [-0.1, -0.05) is 0 Å². The number of aromatic nitrogens is 4. The van der Waals surface area contributed by atoms with Gasteiger partial charge >= 0.3 is 422 Å².